The van der Waals surface area contributed by atoms with Crippen LogP contribution in [0.25, 0.3) is 0 Å². The average Bonchev–Trinajstić information content (AvgIpc) is 4.21. The van der Waals surface area contributed by atoms with Gasteiger partial charge in [0.1, 0.15) is 0 Å². The first-order chi connectivity index (χ1) is 35.5. The van der Waals surface area contributed by atoms with Crippen LogP contribution in [0.3, 0.4) is 0 Å². The normalized spacial score (nSPS) is 33.2. The van der Waals surface area contributed by atoms with Crippen molar-refractivity contribution in [2.24, 2.45) is 92.7 Å². The topological polar surface area (TPSA) is 0 Å². The molecule has 10 aliphatic rings. The van der Waals surface area contributed by atoms with Gasteiger partial charge in [0.05, 0.1) is 16.1 Å². The van der Waals surface area contributed by atoms with Crippen molar-refractivity contribution in [1.82, 2.24) is 0 Å². The van der Waals surface area contributed by atoms with Crippen LogP contribution in [-0.4, -0.2) is 16.1 Å². The van der Waals surface area contributed by atoms with E-state index < -0.39 is 57.8 Å². The maximum absolute atomic E-state index is 4.93. The molecule has 0 bridgehead atoms. The predicted molar refractivity (Wildman–Crippen MR) is 370 cm³/mol. The molecule has 10 rings (SSSR count). The summed E-state index contributed by atoms with van der Waals surface area (Å²) >= 11 is -1.65. The van der Waals surface area contributed by atoms with Gasteiger partial charge >= 0.3 is 75.7 Å². The zero-order valence-electron chi connectivity index (χ0n) is 53.1. The van der Waals surface area contributed by atoms with E-state index in [1.165, 1.54) is 120 Å². The van der Waals surface area contributed by atoms with Crippen LogP contribution in [-0.2, 0) is 41.7 Å². The zero-order chi connectivity index (χ0) is 54.7. The van der Waals surface area contributed by atoms with Gasteiger partial charge in [0, 0.05) is 0 Å². The number of rotatable bonds is 10. The molecule has 0 radical (unpaired) electrons. The number of hydrogen-bond donors (Lipinski definition) is 0. The van der Waals surface area contributed by atoms with Gasteiger partial charge in [-0.1, -0.05) is 224 Å². The van der Waals surface area contributed by atoms with Crippen molar-refractivity contribution in [2.75, 3.05) is 0 Å². The summed E-state index contributed by atoms with van der Waals surface area (Å²) in [5.74, 6) is 9.20. The van der Waals surface area contributed by atoms with E-state index in [-0.39, 0.29) is 55.4 Å². The second-order valence-corrected chi connectivity index (χ2v) is 47.3. The number of fused-ring (bicyclic) bond motifs is 6. The third kappa shape index (κ3) is 17.4. The third-order valence-electron chi connectivity index (χ3n) is 22.6. The molecule has 8 heteroatoms. The number of halogens is 4. The summed E-state index contributed by atoms with van der Waals surface area (Å²) in [5, 5.41) is 0. The SMILES string of the molecule is C.C.C=CC[Si](C)(C)C1CCC(C2(C3C4C=C(C)C=CC4C4C=CC(C(C)(C)C)=CC43)CCCC2)C1.C=CC[Si](C)(C)C1CCC(C2(C3C4C=C(C)C=CC4C4C=CC(C(C)(C)C)=CC43)CCCCC2)C1.[CH3-].[CH3-].[CH3-].[CH3-].[Cl][Zr+2][Cl].[Cl][Zr+2][Cl]. The average molecular weight is 1380 g/mol. The van der Waals surface area contributed by atoms with Gasteiger partial charge in [-0.3, -0.25) is 0 Å². The Hall–Kier alpha value is 0.760. The van der Waals surface area contributed by atoms with E-state index in [0.29, 0.717) is 40.4 Å². The Balaban J connectivity index is 0.000000692. The molecule has 0 saturated heterocycles. The van der Waals surface area contributed by atoms with Crippen molar-refractivity contribution >= 4 is 50.2 Å². The fraction of sp³-hybridized carbons (Fsp3) is 0.671. The Labute approximate surface area is 545 Å². The molecule has 81 heavy (non-hydrogen) atoms. The fourth-order valence-electron chi connectivity index (χ4n) is 18.9. The van der Waals surface area contributed by atoms with E-state index in [0.717, 1.165) is 52.5 Å². The summed E-state index contributed by atoms with van der Waals surface area (Å²) in [5.41, 5.74) is 9.75. The molecular weight excluding hydrogens is 1260 g/mol. The first-order valence-corrected chi connectivity index (χ1v) is 49.4. The molecule has 0 heterocycles. The third-order valence-corrected chi connectivity index (χ3v) is 30.7. The van der Waals surface area contributed by atoms with Crippen LogP contribution in [0.4, 0.5) is 0 Å². The Bertz CT molecular complexity index is 2220. The summed E-state index contributed by atoms with van der Waals surface area (Å²) in [6.07, 6.45) is 58.1. The van der Waals surface area contributed by atoms with Crippen molar-refractivity contribution in [1.29, 1.82) is 0 Å². The molecule has 458 valence electrons. The number of allylic oxidation sites excluding steroid dienone is 18. The summed E-state index contributed by atoms with van der Waals surface area (Å²) in [6.45, 7) is 38.0. The van der Waals surface area contributed by atoms with Gasteiger partial charge in [-0.15, -0.1) is 13.2 Å². The van der Waals surface area contributed by atoms with Gasteiger partial charge in [-0.05, 0) is 192 Å². The van der Waals surface area contributed by atoms with Crippen LogP contribution in [0.1, 0.15) is 167 Å². The standard InChI is InChI=1S/C34H52Si.C33H50Si.2CH4.4CH3.4ClH.2Zr/c1-8-20-35(6,7)27-15-13-26(22-27)34(18-10-9-11-19-34)32-30-21-24(2)12-16-28(30)29-17-14-25(23-31(29)32)33(3,4)5;1-8-19-34(6,7)26-14-12-25(21-26)33(17-9-10-18-33)31-29-20-23(2)11-15-27(29)28-16-13-24(22-30(28)31)32(3,4)5;;;;;;;;;;;;/h8,12,14,16-17,21,23,26-32H,1,9-11,13,15,18-20,22H2,2-7H3;8,11,13,15-16,20,22,25-31H,1,9-10,12,14,17-19,21H2,2-7H3;2*1H4;4*1H3;4*1H;;/q;;;;4*-1;;;;;2*+4/p-4. The van der Waals surface area contributed by atoms with Gasteiger partial charge in [-0.25, -0.2) is 0 Å². The second-order valence-electron chi connectivity index (χ2n) is 29.4. The van der Waals surface area contributed by atoms with Crippen molar-refractivity contribution in [3.8, 4) is 0 Å². The summed E-state index contributed by atoms with van der Waals surface area (Å²) in [6, 6.07) is 2.59. The van der Waals surface area contributed by atoms with E-state index in [1.807, 2.05) is 0 Å². The van der Waals surface area contributed by atoms with Crippen LogP contribution in [0.5, 0.6) is 0 Å². The van der Waals surface area contributed by atoms with E-state index in [2.05, 4.69) is 180 Å². The van der Waals surface area contributed by atoms with Gasteiger partial charge in [0.25, 0.3) is 0 Å². The van der Waals surface area contributed by atoms with Crippen molar-refractivity contribution < 1.29 is 41.7 Å². The Morgan fingerprint density at radius 2 is 0.765 bits per heavy atom. The van der Waals surface area contributed by atoms with Crippen molar-refractivity contribution in [2.45, 2.75) is 216 Å². The second kappa shape index (κ2) is 33.5. The molecule has 0 N–H and O–H groups in total. The molecule has 0 aliphatic heterocycles. The van der Waals surface area contributed by atoms with E-state index in [4.69, 9.17) is 34.1 Å². The summed E-state index contributed by atoms with van der Waals surface area (Å²) < 4.78 is 0. The van der Waals surface area contributed by atoms with Gasteiger partial charge in [0.2, 0.25) is 0 Å². The molecule has 0 aromatic heterocycles. The van der Waals surface area contributed by atoms with Crippen LogP contribution in [0, 0.1) is 122 Å². The maximum atomic E-state index is 4.93. The first kappa shape index (κ1) is 79.8. The van der Waals surface area contributed by atoms with Crippen molar-refractivity contribution in [3.63, 3.8) is 0 Å². The van der Waals surface area contributed by atoms with Gasteiger partial charge in [0.15, 0.2) is 0 Å². The predicted octanol–water partition coefficient (Wildman–Crippen LogP) is 25.7. The van der Waals surface area contributed by atoms with Gasteiger partial charge < -0.3 is 29.7 Å². The van der Waals surface area contributed by atoms with E-state index in [9.17, 15) is 0 Å². The Morgan fingerprint density at radius 3 is 1.06 bits per heavy atom. The molecule has 6 saturated carbocycles. The molecule has 0 aromatic rings. The molecule has 0 nitrogen and oxygen atoms in total. The summed E-state index contributed by atoms with van der Waals surface area (Å²) in [4.78, 5) is 0. The molecule has 0 aromatic carbocycles. The van der Waals surface area contributed by atoms with Gasteiger partial charge in [-0.2, -0.15) is 0 Å². The summed E-state index contributed by atoms with van der Waals surface area (Å²) in [7, 11) is 17.3. The van der Waals surface area contributed by atoms with Crippen LogP contribution >= 0.6 is 34.1 Å². The quantitative estimate of drug-likeness (QED) is 0.116. The molecule has 10 aliphatic carbocycles. The van der Waals surface area contributed by atoms with Crippen LogP contribution in [0.15, 0.2) is 121 Å². The number of hydrogen-bond acceptors (Lipinski definition) is 0. The van der Waals surface area contributed by atoms with Crippen LogP contribution < -0.4 is 0 Å². The Morgan fingerprint density at radius 1 is 0.481 bits per heavy atom. The molecule has 0 amide bonds. The van der Waals surface area contributed by atoms with Crippen molar-refractivity contribution in [3.05, 3.63) is 150 Å². The molecule has 0 spiro atoms. The van der Waals surface area contributed by atoms with E-state index in [1.54, 1.807) is 11.1 Å². The monoisotopic (exact) mass is 1370 g/mol. The van der Waals surface area contributed by atoms with Crippen LogP contribution in [0.2, 0.25) is 49.4 Å². The first-order valence-electron chi connectivity index (χ1n) is 30.2. The molecule has 14 atom stereocenters. The minimum absolute atomic E-state index is 0. The minimum atomic E-state index is -1.23. The molecular formula is C73H122Cl4Si2Zr2. The Kier molecular flexibility index (Phi) is 33.0. The molecule has 14 unspecified atom stereocenters. The van der Waals surface area contributed by atoms with E-state index >= 15 is 0 Å². The fourth-order valence-corrected chi connectivity index (χ4v) is 24.8. The molecule has 6 fully saturated rings. The zero-order valence-corrected chi connectivity index (χ0v) is 63.1.